The maximum atomic E-state index is 9.34. The molecule has 1 N–H and O–H groups in total. The molecule has 2 nitrogen and oxygen atoms in total. The van der Waals surface area contributed by atoms with Gasteiger partial charge in [0.2, 0.25) is 0 Å². The van der Waals surface area contributed by atoms with Crippen LogP contribution in [-0.4, -0.2) is 11.7 Å². The van der Waals surface area contributed by atoms with E-state index in [1.54, 1.807) is 0 Å². The lowest BCUT2D eigenvalue weighted by Crippen LogP contribution is -2.18. The molecule has 3 unspecified atom stereocenters. The first kappa shape index (κ1) is 12.5. The van der Waals surface area contributed by atoms with Crippen LogP contribution in [-0.2, 0) is 6.61 Å². The number of fused-ring (bicyclic) bond motifs is 2. The minimum atomic E-state index is 0.0332. The number of benzene rings is 1. The van der Waals surface area contributed by atoms with Crippen LogP contribution >= 0.6 is 15.9 Å². The fourth-order valence-corrected chi connectivity index (χ4v) is 4.00. The Labute approximate surface area is 116 Å². The highest BCUT2D eigenvalue weighted by molar-refractivity contribution is 9.10. The molecule has 0 radical (unpaired) electrons. The fourth-order valence-electron chi connectivity index (χ4n) is 3.59. The normalized spacial score (nSPS) is 29.8. The van der Waals surface area contributed by atoms with Crippen LogP contribution < -0.4 is 4.74 Å². The van der Waals surface area contributed by atoms with Gasteiger partial charge in [0, 0.05) is 10.0 Å². The van der Waals surface area contributed by atoms with Crippen LogP contribution in [0.4, 0.5) is 0 Å². The van der Waals surface area contributed by atoms with Gasteiger partial charge >= 0.3 is 0 Å². The van der Waals surface area contributed by atoms with Gasteiger partial charge in [-0.2, -0.15) is 0 Å². The van der Waals surface area contributed by atoms with Gasteiger partial charge in [-0.3, -0.25) is 0 Å². The molecule has 2 aliphatic carbocycles. The van der Waals surface area contributed by atoms with Crippen molar-refractivity contribution in [2.75, 3.05) is 6.61 Å². The third-order valence-electron chi connectivity index (χ3n) is 4.53. The van der Waals surface area contributed by atoms with Crippen molar-refractivity contribution in [1.29, 1.82) is 0 Å². The monoisotopic (exact) mass is 310 g/mol. The second kappa shape index (κ2) is 5.22. The Morgan fingerprint density at radius 1 is 1.28 bits per heavy atom. The van der Waals surface area contributed by atoms with E-state index in [-0.39, 0.29) is 6.61 Å². The summed E-state index contributed by atoms with van der Waals surface area (Å²) in [6, 6.07) is 5.84. The van der Waals surface area contributed by atoms with Crippen molar-refractivity contribution in [2.45, 2.75) is 32.3 Å². The Kier molecular flexibility index (Phi) is 3.62. The first-order valence-electron chi connectivity index (χ1n) is 6.78. The molecule has 1 aromatic rings. The third kappa shape index (κ3) is 2.43. The van der Waals surface area contributed by atoms with Gasteiger partial charge < -0.3 is 9.84 Å². The van der Waals surface area contributed by atoms with Crippen LogP contribution in [0.25, 0.3) is 0 Å². The van der Waals surface area contributed by atoms with Crippen molar-refractivity contribution in [2.24, 2.45) is 17.8 Å². The van der Waals surface area contributed by atoms with E-state index in [4.69, 9.17) is 4.74 Å². The van der Waals surface area contributed by atoms with E-state index in [1.165, 1.54) is 25.7 Å². The number of halogens is 1. The van der Waals surface area contributed by atoms with Gasteiger partial charge in [-0.05, 0) is 55.2 Å². The fraction of sp³-hybridized carbons (Fsp3) is 0.600. The number of aliphatic hydroxyl groups is 1. The highest BCUT2D eigenvalue weighted by Gasteiger charge is 2.39. The zero-order valence-electron chi connectivity index (χ0n) is 10.4. The van der Waals surface area contributed by atoms with Gasteiger partial charge in [0.05, 0.1) is 13.2 Å². The minimum absolute atomic E-state index is 0.0332. The molecular formula is C15H19BrO2. The van der Waals surface area contributed by atoms with Gasteiger partial charge in [-0.25, -0.2) is 0 Å². The molecule has 98 valence electrons. The van der Waals surface area contributed by atoms with Crippen LogP contribution in [0.15, 0.2) is 22.7 Å². The topological polar surface area (TPSA) is 29.5 Å². The number of ether oxygens (including phenoxy) is 1. The summed E-state index contributed by atoms with van der Waals surface area (Å²) < 4.78 is 6.92. The summed E-state index contributed by atoms with van der Waals surface area (Å²) in [6.07, 6.45) is 5.59. The second-order valence-corrected chi connectivity index (χ2v) is 6.57. The summed E-state index contributed by atoms with van der Waals surface area (Å²) in [5.74, 6) is 3.43. The first-order chi connectivity index (χ1) is 8.76. The van der Waals surface area contributed by atoms with Crippen LogP contribution in [0.5, 0.6) is 5.75 Å². The Morgan fingerprint density at radius 2 is 2.17 bits per heavy atom. The molecule has 0 heterocycles. The third-order valence-corrected chi connectivity index (χ3v) is 5.02. The van der Waals surface area contributed by atoms with Crippen molar-refractivity contribution in [3.05, 3.63) is 28.2 Å². The molecule has 2 bridgehead atoms. The molecule has 3 rings (SSSR count). The predicted molar refractivity (Wildman–Crippen MR) is 74.5 cm³/mol. The Bertz CT molecular complexity index is 433. The summed E-state index contributed by atoms with van der Waals surface area (Å²) in [6.45, 7) is 0.849. The van der Waals surface area contributed by atoms with E-state index in [0.29, 0.717) is 0 Å². The molecule has 1 aromatic carbocycles. The van der Waals surface area contributed by atoms with E-state index < -0.39 is 0 Å². The van der Waals surface area contributed by atoms with Crippen molar-refractivity contribution in [3.8, 4) is 5.75 Å². The number of hydrogen-bond donors (Lipinski definition) is 1. The smallest absolute Gasteiger partial charge is 0.124 e. The number of hydrogen-bond acceptors (Lipinski definition) is 2. The van der Waals surface area contributed by atoms with Crippen molar-refractivity contribution >= 4 is 15.9 Å². The SMILES string of the molecule is OCc1cc(Br)ccc1OCC1CC2CCC1C2. The predicted octanol–water partition coefficient (Wildman–Crippen LogP) is 3.76. The number of rotatable bonds is 4. The highest BCUT2D eigenvalue weighted by Crippen LogP contribution is 2.48. The van der Waals surface area contributed by atoms with E-state index in [1.807, 2.05) is 18.2 Å². The van der Waals surface area contributed by atoms with Gasteiger partial charge in [0.1, 0.15) is 5.75 Å². The minimum Gasteiger partial charge on any atom is -0.493 e. The summed E-state index contributed by atoms with van der Waals surface area (Å²) in [7, 11) is 0. The molecular weight excluding hydrogens is 292 g/mol. The lowest BCUT2D eigenvalue weighted by molar-refractivity contribution is 0.189. The molecule has 18 heavy (non-hydrogen) atoms. The molecule has 0 aromatic heterocycles. The van der Waals surface area contributed by atoms with Crippen molar-refractivity contribution in [3.63, 3.8) is 0 Å². The standard InChI is InChI=1S/C15H19BrO2/c16-14-3-4-15(12(7-14)8-17)18-9-13-6-10-1-2-11(13)5-10/h3-4,7,10-11,13,17H,1-2,5-6,8-9H2. The lowest BCUT2D eigenvalue weighted by Gasteiger charge is -2.22. The Hall–Kier alpha value is -0.540. The molecule has 2 aliphatic rings. The zero-order chi connectivity index (χ0) is 12.5. The molecule has 2 saturated carbocycles. The lowest BCUT2D eigenvalue weighted by atomic mass is 9.89. The van der Waals surface area contributed by atoms with E-state index >= 15 is 0 Å². The molecule has 0 amide bonds. The van der Waals surface area contributed by atoms with Gasteiger partial charge in [-0.1, -0.05) is 22.4 Å². The second-order valence-electron chi connectivity index (χ2n) is 5.66. The molecule has 0 aliphatic heterocycles. The Morgan fingerprint density at radius 3 is 2.83 bits per heavy atom. The largest absolute Gasteiger partial charge is 0.493 e. The van der Waals surface area contributed by atoms with Crippen LogP contribution in [0.2, 0.25) is 0 Å². The summed E-state index contributed by atoms with van der Waals surface area (Å²) in [5.41, 5.74) is 0.868. The van der Waals surface area contributed by atoms with E-state index in [9.17, 15) is 5.11 Å². The maximum absolute atomic E-state index is 9.34. The van der Waals surface area contributed by atoms with Crippen molar-refractivity contribution < 1.29 is 9.84 Å². The Balaban J connectivity index is 1.63. The maximum Gasteiger partial charge on any atom is 0.124 e. The van der Waals surface area contributed by atoms with E-state index in [0.717, 1.165) is 40.1 Å². The molecule has 3 atom stereocenters. The molecule has 2 fully saturated rings. The van der Waals surface area contributed by atoms with Crippen LogP contribution in [0.3, 0.4) is 0 Å². The number of aliphatic hydroxyl groups excluding tert-OH is 1. The van der Waals surface area contributed by atoms with Gasteiger partial charge in [0.25, 0.3) is 0 Å². The highest BCUT2D eigenvalue weighted by atomic mass is 79.9. The summed E-state index contributed by atoms with van der Waals surface area (Å²) >= 11 is 3.41. The van der Waals surface area contributed by atoms with Gasteiger partial charge in [-0.15, -0.1) is 0 Å². The van der Waals surface area contributed by atoms with E-state index in [2.05, 4.69) is 15.9 Å². The van der Waals surface area contributed by atoms with Crippen LogP contribution in [0.1, 0.15) is 31.2 Å². The molecule has 0 saturated heterocycles. The quantitative estimate of drug-likeness (QED) is 0.917. The van der Waals surface area contributed by atoms with Crippen molar-refractivity contribution in [1.82, 2.24) is 0 Å². The van der Waals surface area contributed by atoms with Gasteiger partial charge in [0.15, 0.2) is 0 Å². The molecule has 0 spiro atoms. The average Bonchev–Trinajstić information content (AvgIpc) is 2.99. The van der Waals surface area contributed by atoms with Crippen LogP contribution in [0, 0.1) is 17.8 Å². The summed E-state index contributed by atoms with van der Waals surface area (Å²) in [5, 5.41) is 9.34. The first-order valence-corrected chi connectivity index (χ1v) is 7.57. The summed E-state index contributed by atoms with van der Waals surface area (Å²) in [4.78, 5) is 0. The molecule has 3 heteroatoms. The zero-order valence-corrected chi connectivity index (χ0v) is 12.0. The average molecular weight is 311 g/mol.